The van der Waals surface area contributed by atoms with Gasteiger partial charge in [-0.05, 0) is 55.3 Å². The van der Waals surface area contributed by atoms with Gasteiger partial charge in [0.15, 0.2) is 0 Å². The van der Waals surface area contributed by atoms with Crippen molar-refractivity contribution in [3.8, 4) is 0 Å². The normalized spacial score (nSPS) is 19.7. The summed E-state index contributed by atoms with van der Waals surface area (Å²) in [6.07, 6.45) is 2.04. The Morgan fingerprint density at radius 2 is 2.29 bits per heavy atom. The highest BCUT2D eigenvalue weighted by molar-refractivity contribution is 14.1. The molecule has 2 rings (SSSR count). The molecule has 1 aromatic heterocycles. The van der Waals surface area contributed by atoms with Gasteiger partial charge in [0.05, 0.1) is 0 Å². The van der Waals surface area contributed by atoms with E-state index in [0.29, 0.717) is 0 Å². The lowest BCUT2D eigenvalue weighted by Crippen LogP contribution is -2.37. The molecule has 5 heteroatoms. The molecule has 0 spiro atoms. The monoisotopic (exact) mass is 346 g/mol. The fourth-order valence-electron chi connectivity index (χ4n) is 2.15. The molecule has 0 bridgehead atoms. The van der Waals surface area contributed by atoms with Crippen molar-refractivity contribution in [3.05, 3.63) is 31.2 Å². The maximum absolute atomic E-state index is 12.2. The maximum Gasteiger partial charge on any atom is 0.261 e. The zero-order chi connectivity index (χ0) is 12.6. The SMILES string of the molecule is Cc1[nH]c(=O)c(C(=O)N2CCC[C@@H]2C)cc1I. The van der Waals surface area contributed by atoms with Crippen LogP contribution in [0.2, 0.25) is 0 Å². The lowest BCUT2D eigenvalue weighted by Gasteiger charge is -2.21. The van der Waals surface area contributed by atoms with Gasteiger partial charge < -0.3 is 9.88 Å². The number of carbonyl (C=O) groups is 1. The van der Waals surface area contributed by atoms with Gasteiger partial charge in [0.1, 0.15) is 5.56 Å². The number of amides is 1. The first-order valence-electron chi connectivity index (χ1n) is 5.71. The van der Waals surface area contributed by atoms with E-state index in [9.17, 15) is 9.59 Å². The van der Waals surface area contributed by atoms with Crippen LogP contribution in [0.25, 0.3) is 0 Å². The van der Waals surface area contributed by atoms with Gasteiger partial charge in [-0.3, -0.25) is 9.59 Å². The third-order valence-electron chi connectivity index (χ3n) is 3.22. The Labute approximate surface area is 114 Å². The van der Waals surface area contributed by atoms with Crippen LogP contribution in [0.3, 0.4) is 0 Å². The summed E-state index contributed by atoms with van der Waals surface area (Å²) in [4.78, 5) is 28.5. The van der Waals surface area contributed by atoms with Crippen LogP contribution in [0.4, 0.5) is 0 Å². The van der Waals surface area contributed by atoms with Crippen molar-refractivity contribution in [2.45, 2.75) is 32.7 Å². The van der Waals surface area contributed by atoms with Gasteiger partial charge in [-0.25, -0.2) is 0 Å². The number of hydrogen-bond donors (Lipinski definition) is 1. The van der Waals surface area contributed by atoms with Crippen molar-refractivity contribution in [3.63, 3.8) is 0 Å². The predicted octanol–water partition coefficient (Wildman–Crippen LogP) is 1.91. The molecule has 1 N–H and O–H groups in total. The number of hydrogen-bond acceptors (Lipinski definition) is 2. The second-order valence-electron chi connectivity index (χ2n) is 4.47. The molecule has 0 unspecified atom stereocenters. The molecule has 1 aromatic rings. The van der Waals surface area contributed by atoms with Crippen molar-refractivity contribution in [2.24, 2.45) is 0 Å². The largest absolute Gasteiger partial charge is 0.336 e. The summed E-state index contributed by atoms with van der Waals surface area (Å²) < 4.78 is 0.914. The third kappa shape index (κ3) is 2.38. The molecule has 1 aliphatic heterocycles. The third-order valence-corrected chi connectivity index (χ3v) is 4.34. The summed E-state index contributed by atoms with van der Waals surface area (Å²) in [5, 5.41) is 0. The van der Waals surface area contributed by atoms with Crippen LogP contribution in [0.1, 0.15) is 35.8 Å². The summed E-state index contributed by atoms with van der Waals surface area (Å²) in [7, 11) is 0. The number of nitrogens with zero attached hydrogens (tertiary/aromatic N) is 1. The summed E-state index contributed by atoms with van der Waals surface area (Å²) in [5.41, 5.74) is 0.780. The van der Waals surface area contributed by atoms with Gasteiger partial charge >= 0.3 is 0 Å². The van der Waals surface area contributed by atoms with E-state index in [4.69, 9.17) is 0 Å². The Kier molecular flexibility index (Phi) is 3.56. The van der Waals surface area contributed by atoms with Crippen LogP contribution in [-0.2, 0) is 0 Å². The Hall–Kier alpha value is -0.850. The molecule has 1 amide bonds. The van der Waals surface area contributed by atoms with Crippen LogP contribution in [0, 0.1) is 10.5 Å². The molecule has 0 aliphatic carbocycles. The smallest absolute Gasteiger partial charge is 0.261 e. The van der Waals surface area contributed by atoms with E-state index in [1.54, 1.807) is 11.0 Å². The highest BCUT2D eigenvalue weighted by Gasteiger charge is 2.27. The van der Waals surface area contributed by atoms with E-state index >= 15 is 0 Å². The molecule has 2 heterocycles. The van der Waals surface area contributed by atoms with E-state index in [2.05, 4.69) is 27.6 Å². The number of carbonyl (C=O) groups excluding carboxylic acids is 1. The van der Waals surface area contributed by atoms with Gasteiger partial charge in [-0.1, -0.05) is 0 Å². The van der Waals surface area contributed by atoms with Crippen LogP contribution >= 0.6 is 22.6 Å². The van der Waals surface area contributed by atoms with Crippen molar-refractivity contribution >= 4 is 28.5 Å². The van der Waals surface area contributed by atoms with Crippen LogP contribution < -0.4 is 5.56 Å². The molecule has 92 valence electrons. The molecular weight excluding hydrogens is 331 g/mol. The first-order chi connectivity index (χ1) is 8.00. The van der Waals surface area contributed by atoms with Gasteiger partial charge in [0.2, 0.25) is 0 Å². The molecule has 1 fully saturated rings. The van der Waals surface area contributed by atoms with E-state index in [1.165, 1.54) is 0 Å². The van der Waals surface area contributed by atoms with Crippen LogP contribution in [-0.4, -0.2) is 28.4 Å². The minimum atomic E-state index is -0.285. The number of nitrogens with one attached hydrogen (secondary N) is 1. The molecule has 17 heavy (non-hydrogen) atoms. The summed E-state index contributed by atoms with van der Waals surface area (Å²) >= 11 is 2.13. The van der Waals surface area contributed by atoms with Crippen molar-refractivity contribution < 1.29 is 4.79 Å². The summed E-state index contributed by atoms with van der Waals surface area (Å²) in [6, 6.07) is 1.92. The number of aryl methyl sites for hydroxylation is 1. The van der Waals surface area contributed by atoms with Crippen LogP contribution in [0.15, 0.2) is 10.9 Å². The number of halogens is 1. The first-order valence-corrected chi connectivity index (χ1v) is 6.79. The average molecular weight is 346 g/mol. The minimum absolute atomic E-state index is 0.144. The van der Waals surface area contributed by atoms with Gasteiger partial charge in [-0.2, -0.15) is 0 Å². The quantitative estimate of drug-likeness (QED) is 0.790. The predicted molar refractivity (Wildman–Crippen MR) is 74.2 cm³/mol. The maximum atomic E-state index is 12.2. The fraction of sp³-hybridized carbons (Fsp3) is 0.500. The van der Waals surface area contributed by atoms with E-state index < -0.39 is 0 Å². The standard InChI is InChI=1S/C12H15IN2O2/c1-7-4-3-5-15(7)12(17)9-6-10(13)8(2)14-11(9)16/h6-7H,3-5H2,1-2H3,(H,14,16)/t7-/m0/s1. The highest BCUT2D eigenvalue weighted by Crippen LogP contribution is 2.19. The molecule has 1 atom stereocenters. The van der Waals surface area contributed by atoms with Gasteiger partial charge in [-0.15, -0.1) is 0 Å². The molecule has 4 nitrogen and oxygen atoms in total. The number of aromatic nitrogens is 1. The molecule has 0 aromatic carbocycles. The molecule has 0 radical (unpaired) electrons. The zero-order valence-corrected chi connectivity index (χ0v) is 12.1. The molecule has 1 saturated heterocycles. The van der Waals surface area contributed by atoms with Crippen molar-refractivity contribution in [2.75, 3.05) is 6.54 Å². The summed E-state index contributed by atoms with van der Waals surface area (Å²) in [5.74, 6) is -0.144. The van der Waals surface area contributed by atoms with Crippen molar-refractivity contribution in [1.82, 2.24) is 9.88 Å². The Morgan fingerprint density at radius 3 is 2.88 bits per heavy atom. The number of pyridine rings is 1. The lowest BCUT2D eigenvalue weighted by molar-refractivity contribution is 0.0745. The highest BCUT2D eigenvalue weighted by atomic mass is 127. The number of rotatable bonds is 1. The Morgan fingerprint density at radius 1 is 1.59 bits per heavy atom. The van der Waals surface area contributed by atoms with Gasteiger partial charge in [0.25, 0.3) is 11.5 Å². The zero-order valence-electron chi connectivity index (χ0n) is 9.92. The van der Waals surface area contributed by atoms with Gasteiger partial charge in [0, 0.05) is 21.9 Å². The second-order valence-corrected chi connectivity index (χ2v) is 5.64. The topological polar surface area (TPSA) is 53.2 Å². The van der Waals surface area contributed by atoms with E-state index in [1.807, 2.05) is 13.8 Å². The second kappa shape index (κ2) is 4.80. The average Bonchev–Trinajstić information content (AvgIpc) is 2.69. The van der Waals surface area contributed by atoms with E-state index in [-0.39, 0.29) is 23.1 Å². The summed E-state index contributed by atoms with van der Waals surface area (Å²) in [6.45, 7) is 4.61. The Bertz CT molecular complexity index is 510. The number of H-pyrrole nitrogens is 1. The van der Waals surface area contributed by atoms with E-state index in [0.717, 1.165) is 28.7 Å². The minimum Gasteiger partial charge on any atom is -0.336 e. The molecule has 0 saturated carbocycles. The van der Waals surface area contributed by atoms with Crippen molar-refractivity contribution in [1.29, 1.82) is 0 Å². The molecule has 1 aliphatic rings. The first kappa shape index (κ1) is 12.6. The lowest BCUT2D eigenvalue weighted by atomic mass is 10.2. The molecular formula is C12H15IN2O2. The Balaban J connectivity index is 2.37. The number of likely N-dealkylation sites (tertiary alicyclic amines) is 1. The number of aromatic amines is 1. The fourth-order valence-corrected chi connectivity index (χ4v) is 2.59. The van der Waals surface area contributed by atoms with Crippen LogP contribution in [0.5, 0.6) is 0 Å².